The van der Waals surface area contributed by atoms with Gasteiger partial charge in [0.25, 0.3) is 10.0 Å². The largest absolute Gasteiger partial charge is 0.352 e. The molecular weight excluding hydrogens is 572 g/mol. The summed E-state index contributed by atoms with van der Waals surface area (Å²) in [7, 11) is -4.30. The van der Waals surface area contributed by atoms with E-state index >= 15 is 0 Å². The molecule has 0 bridgehead atoms. The van der Waals surface area contributed by atoms with E-state index in [4.69, 9.17) is 11.6 Å². The van der Waals surface area contributed by atoms with Gasteiger partial charge in [-0.3, -0.25) is 13.9 Å². The van der Waals surface area contributed by atoms with E-state index in [9.17, 15) is 26.8 Å². The van der Waals surface area contributed by atoms with E-state index < -0.39 is 40.2 Å². The minimum Gasteiger partial charge on any atom is -0.352 e. The predicted octanol–water partition coefficient (Wildman–Crippen LogP) is 5.68. The summed E-state index contributed by atoms with van der Waals surface area (Å²) in [5.41, 5.74) is 0.536. The Kier molecular flexibility index (Phi) is 9.99. The number of amides is 2. The van der Waals surface area contributed by atoms with Crippen LogP contribution in [0.3, 0.4) is 0 Å². The monoisotopic (exact) mass is 603 g/mol. The van der Waals surface area contributed by atoms with Crippen LogP contribution in [0.4, 0.5) is 14.5 Å². The summed E-state index contributed by atoms with van der Waals surface area (Å²) in [6, 6.07) is 15.4. The highest BCUT2D eigenvalue weighted by Gasteiger charge is 2.33. The number of rotatable bonds is 10. The third-order valence-corrected chi connectivity index (χ3v) is 9.26. The molecule has 2 amide bonds. The number of anilines is 1. The Labute approximate surface area is 244 Å². The lowest BCUT2D eigenvalue weighted by Crippen LogP contribution is -2.53. The highest BCUT2D eigenvalue weighted by molar-refractivity contribution is 7.92. The smallest absolute Gasteiger partial charge is 0.264 e. The number of halogens is 3. The zero-order valence-electron chi connectivity index (χ0n) is 22.6. The number of hydrogen-bond acceptors (Lipinski definition) is 4. The van der Waals surface area contributed by atoms with Gasteiger partial charge in [-0.2, -0.15) is 0 Å². The van der Waals surface area contributed by atoms with Gasteiger partial charge in [0.1, 0.15) is 24.2 Å². The average molecular weight is 604 g/mol. The summed E-state index contributed by atoms with van der Waals surface area (Å²) in [6.45, 7) is 0.813. The first-order valence-corrected chi connectivity index (χ1v) is 15.2. The molecule has 1 saturated carbocycles. The Balaban J connectivity index is 1.68. The fourth-order valence-electron chi connectivity index (χ4n) is 4.83. The maximum Gasteiger partial charge on any atom is 0.264 e. The lowest BCUT2D eigenvalue weighted by Gasteiger charge is -2.33. The van der Waals surface area contributed by atoms with Gasteiger partial charge < -0.3 is 10.2 Å². The normalized spacial score (nSPS) is 14.7. The van der Waals surface area contributed by atoms with Crippen LogP contribution < -0.4 is 9.62 Å². The van der Waals surface area contributed by atoms with Crippen molar-refractivity contribution in [1.29, 1.82) is 0 Å². The number of nitrogens with one attached hydrogen (secondary N) is 1. The number of nitrogens with zero attached hydrogens (tertiary/aromatic N) is 2. The van der Waals surface area contributed by atoms with Gasteiger partial charge in [-0.05, 0) is 67.8 Å². The second-order valence-electron chi connectivity index (χ2n) is 10.1. The third-order valence-electron chi connectivity index (χ3n) is 7.19. The van der Waals surface area contributed by atoms with E-state index in [1.165, 1.54) is 47.4 Å². The second kappa shape index (κ2) is 13.4. The zero-order chi connectivity index (χ0) is 29.6. The van der Waals surface area contributed by atoms with Gasteiger partial charge in [-0.1, -0.05) is 61.2 Å². The van der Waals surface area contributed by atoms with Crippen molar-refractivity contribution in [3.63, 3.8) is 0 Å². The highest BCUT2D eigenvalue weighted by atomic mass is 35.5. The van der Waals surface area contributed by atoms with Crippen molar-refractivity contribution >= 4 is 39.1 Å². The Bertz CT molecular complexity index is 1470. The maximum atomic E-state index is 14.0. The molecule has 1 aliphatic rings. The summed E-state index contributed by atoms with van der Waals surface area (Å²) >= 11 is 5.98. The molecule has 0 saturated heterocycles. The average Bonchev–Trinajstić information content (AvgIpc) is 2.97. The molecule has 1 fully saturated rings. The summed E-state index contributed by atoms with van der Waals surface area (Å²) in [5.74, 6) is -2.25. The van der Waals surface area contributed by atoms with E-state index in [0.29, 0.717) is 5.56 Å². The summed E-state index contributed by atoms with van der Waals surface area (Å²) in [4.78, 5) is 28.4. The Morgan fingerprint density at radius 3 is 2.27 bits per heavy atom. The molecule has 1 atom stereocenters. The van der Waals surface area contributed by atoms with Gasteiger partial charge in [0.15, 0.2) is 0 Å². The fraction of sp³-hybridized carbons (Fsp3) is 0.333. The first kappa shape index (κ1) is 30.5. The van der Waals surface area contributed by atoms with Crippen LogP contribution in [0.25, 0.3) is 0 Å². The minimum absolute atomic E-state index is 0.00205. The number of sulfonamides is 1. The molecule has 0 heterocycles. The Morgan fingerprint density at radius 2 is 1.63 bits per heavy atom. The molecule has 1 aliphatic carbocycles. The molecule has 1 N–H and O–H groups in total. The molecule has 0 unspecified atom stereocenters. The standard InChI is InChI=1S/C30H32ClF2N3O4S/c1-21(30(38)34-24-8-4-2-5-9-24)35(19-22-12-14-23(32)15-13-22)29(37)20-36(25-16-17-28(33)27(31)18-25)41(39,40)26-10-6-3-7-11-26/h3,6-7,10-18,21,24H,2,4-5,8-9,19-20H2,1H3,(H,34,38)/t21-/m1/s1. The van der Waals surface area contributed by atoms with Gasteiger partial charge in [-0.25, -0.2) is 17.2 Å². The van der Waals surface area contributed by atoms with Crippen molar-refractivity contribution < 1.29 is 26.8 Å². The van der Waals surface area contributed by atoms with E-state index in [1.807, 2.05) is 0 Å². The predicted molar refractivity (Wildman–Crippen MR) is 154 cm³/mol. The topological polar surface area (TPSA) is 86.8 Å². The van der Waals surface area contributed by atoms with Crippen LogP contribution in [-0.4, -0.2) is 43.8 Å². The van der Waals surface area contributed by atoms with Crippen LogP contribution in [0.2, 0.25) is 5.02 Å². The Hall–Kier alpha value is -3.50. The molecule has 0 aliphatic heterocycles. The van der Waals surface area contributed by atoms with Crippen LogP contribution in [0.1, 0.15) is 44.6 Å². The molecule has 3 aromatic carbocycles. The van der Waals surface area contributed by atoms with Gasteiger partial charge in [0, 0.05) is 12.6 Å². The summed E-state index contributed by atoms with van der Waals surface area (Å²) in [6.07, 6.45) is 4.81. The lowest BCUT2D eigenvalue weighted by molar-refractivity contribution is -0.139. The third kappa shape index (κ3) is 7.62. The minimum atomic E-state index is -4.30. The van der Waals surface area contributed by atoms with Crippen molar-refractivity contribution in [1.82, 2.24) is 10.2 Å². The van der Waals surface area contributed by atoms with Crippen molar-refractivity contribution in [3.8, 4) is 0 Å². The van der Waals surface area contributed by atoms with Gasteiger partial charge in [0.2, 0.25) is 11.8 Å². The van der Waals surface area contributed by atoms with Gasteiger partial charge in [-0.15, -0.1) is 0 Å². The van der Waals surface area contributed by atoms with Gasteiger partial charge in [0.05, 0.1) is 15.6 Å². The zero-order valence-corrected chi connectivity index (χ0v) is 24.2. The molecule has 4 rings (SSSR count). The van der Waals surface area contributed by atoms with E-state index in [1.54, 1.807) is 25.1 Å². The van der Waals surface area contributed by atoms with Crippen molar-refractivity contribution in [2.75, 3.05) is 10.8 Å². The lowest BCUT2D eigenvalue weighted by atomic mass is 9.95. The summed E-state index contributed by atoms with van der Waals surface area (Å²) in [5, 5.41) is 2.71. The number of hydrogen-bond donors (Lipinski definition) is 1. The Morgan fingerprint density at radius 1 is 0.976 bits per heavy atom. The number of benzene rings is 3. The van der Waals surface area contributed by atoms with Crippen LogP contribution in [0.15, 0.2) is 77.7 Å². The number of carbonyl (C=O) groups is 2. The van der Waals surface area contributed by atoms with Crippen LogP contribution in [0, 0.1) is 11.6 Å². The maximum absolute atomic E-state index is 14.0. The number of carbonyl (C=O) groups excluding carboxylic acids is 2. The molecule has 218 valence electrons. The summed E-state index contributed by atoms with van der Waals surface area (Å²) < 4.78 is 55.9. The highest BCUT2D eigenvalue weighted by Crippen LogP contribution is 2.28. The van der Waals surface area contributed by atoms with E-state index in [0.717, 1.165) is 48.5 Å². The molecule has 0 spiro atoms. The van der Waals surface area contributed by atoms with E-state index in [-0.39, 0.29) is 34.1 Å². The molecule has 0 aromatic heterocycles. The second-order valence-corrected chi connectivity index (χ2v) is 12.4. The van der Waals surface area contributed by atoms with Crippen LogP contribution >= 0.6 is 11.6 Å². The first-order valence-electron chi connectivity index (χ1n) is 13.4. The first-order chi connectivity index (χ1) is 19.6. The molecule has 0 radical (unpaired) electrons. The van der Waals surface area contributed by atoms with Crippen LogP contribution in [-0.2, 0) is 26.2 Å². The molecule has 41 heavy (non-hydrogen) atoms. The molecular formula is C30H32ClF2N3O4S. The van der Waals surface area contributed by atoms with Crippen molar-refractivity contribution in [2.24, 2.45) is 0 Å². The van der Waals surface area contributed by atoms with Crippen LogP contribution in [0.5, 0.6) is 0 Å². The molecule has 7 nitrogen and oxygen atoms in total. The van der Waals surface area contributed by atoms with Crippen molar-refractivity contribution in [3.05, 3.63) is 95.0 Å². The molecule has 11 heteroatoms. The van der Waals surface area contributed by atoms with Crippen molar-refractivity contribution in [2.45, 2.75) is 62.6 Å². The van der Waals surface area contributed by atoms with Gasteiger partial charge >= 0.3 is 0 Å². The van der Waals surface area contributed by atoms with E-state index in [2.05, 4.69) is 5.32 Å². The quantitative estimate of drug-likeness (QED) is 0.323. The fourth-order valence-corrected chi connectivity index (χ4v) is 6.43. The SMILES string of the molecule is C[C@H](C(=O)NC1CCCCC1)N(Cc1ccc(F)cc1)C(=O)CN(c1ccc(F)c(Cl)c1)S(=O)(=O)c1ccccc1. The molecule has 3 aromatic rings.